The number of β-amino-alcohol motifs (C(OH)–C–C–N with tert-alkyl or cyclic N) is 1. The molecule has 1 atom stereocenters. The van der Waals surface area contributed by atoms with E-state index in [1.807, 2.05) is 0 Å². The molecule has 24 heavy (non-hydrogen) atoms. The fourth-order valence-electron chi connectivity index (χ4n) is 2.91. The lowest BCUT2D eigenvalue weighted by atomic mass is 10.1. The molecule has 0 spiro atoms. The molecule has 5 nitrogen and oxygen atoms in total. The van der Waals surface area contributed by atoms with Gasteiger partial charge in [-0.15, -0.1) is 0 Å². The first-order valence-electron chi connectivity index (χ1n) is 7.93. The van der Waals surface area contributed by atoms with Crippen LogP contribution >= 0.6 is 0 Å². The van der Waals surface area contributed by atoms with Gasteiger partial charge >= 0.3 is 0 Å². The van der Waals surface area contributed by atoms with Gasteiger partial charge in [0.2, 0.25) is 0 Å². The lowest BCUT2D eigenvalue weighted by Crippen LogP contribution is -2.48. The molecule has 1 aliphatic rings. The minimum Gasteiger partial charge on any atom is -0.387 e. The summed E-state index contributed by atoms with van der Waals surface area (Å²) in [6.45, 7) is 3.57. The monoisotopic (exact) mass is 326 g/mol. The lowest BCUT2D eigenvalue weighted by Gasteiger charge is -2.36. The van der Waals surface area contributed by atoms with Crippen molar-refractivity contribution in [2.45, 2.75) is 6.10 Å². The quantitative estimate of drug-likeness (QED) is 0.930. The van der Waals surface area contributed by atoms with Crippen LogP contribution in [0.1, 0.15) is 17.2 Å². The topological polar surface area (TPSA) is 63.4 Å². The highest BCUT2D eigenvalue weighted by molar-refractivity contribution is 5.53. The van der Waals surface area contributed by atoms with Crippen LogP contribution in [0.15, 0.2) is 42.6 Å². The van der Waals surface area contributed by atoms with Gasteiger partial charge in [-0.1, -0.05) is 12.1 Å². The van der Waals surface area contributed by atoms with Crippen molar-refractivity contribution in [1.82, 2.24) is 9.88 Å². The molecule has 1 aliphatic heterocycles. The molecule has 2 aromatic rings. The van der Waals surface area contributed by atoms with Gasteiger partial charge in [0.25, 0.3) is 0 Å². The second-order valence-electron chi connectivity index (χ2n) is 5.84. The Morgan fingerprint density at radius 3 is 2.54 bits per heavy atom. The van der Waals surface area contributed by atoms with E-state index < -0.39 is 6.10 Å². The Labute approximate surface area is 140 Å². The van der Waals surface area contributed by atoms with Gasteiger partial charge in [0.15, 0.2) is 0 Å². The summed E-state index contributed by atoms with van der Waals surface area (Å²) in [6.07, 6.45) is 1.06. The van der Waals surface area contributed by atoms with Crippen LogP contribution in [-0.4, -0.2) is 47.7 Å². The SMILES string of the molecule is N#Cc1cccnc1N1CCN(CC(O)c2ccc(F)cc2)CC1. The minimum atomic E-state index is -0.637. The van der Waals surface area contributed by atoms with E-state index >= 15 is 0 Å². The number of rotatable bonds is 4. The smallest absolute Gasteiger partial charge is 0.146 e. The van der Waals surface area contributed by atoms with Gasteiger partial charge in [-0.2, -0.15) is 5.26 Å². The normalized spacial score (nSPS) is 16.6. The van der Waals surface area contributed by atoms with Crippen LogP contribution in [0.25, 0.3) is 0 Å². The number of nitriles is 1. The van der Waals surface area contributed by atoms with Gasteiger partial charge in [-0.3, -0.25) is 4.90 Å². The summed E-state index contributed by atoms with van der Waals surface area (Å²) in [6, 6.07) is 11.7. The average Bonchev–Trinajstić information content (AvgIpc) is 2.63. The highest BCUT2D eigenvalue weighted by Crippen LogP contribution is 2.20. The van der Waals surface area contributed by atoms with Crippen molar-refractivity contribution in [1.29, 1.82) is 5.26 Å². The Kier molecular flexibility index (Phi) is 5.04. The third kappa shape index (κ3) is 3.70. The van der Waals surface area contributed by atoms with Crippen molar-refractivity contribution in [3.8, 4) is 6.07 Å². The number of piperazine rings is 1. The van der Waals surface area contributed by atoms with Crippen molar-refractivity contribution in [2.75, 3.05) is 37.6 Å². The van der Waals surface area contributed by atoms with Gasteiger partial charge in [0.1, 0.15) is 17.7 Å². The molecule has 1 aromatic carbocycles. The van der Waals surface area contributed by atoms with E-state index in [0.717, 1.165) is 37.6 Å². The number of halogens is 1. The summed E-state index contributed by atoms with van der Waals surface area (Å²) in [5, 5.41) is 19.5. The average molecular weight is 326 g/mol. The zero-order valence-corrected chi connectivity index (χ0v) is 13.3. The number of aliphatic hydroxyl groups excluding tert-OH is 1. The molecule has 124 valence electrons. The van der Waals surface area contributed by atoms with Gasteiger partial charge in [0, 0.05) is 38.9 Å². The van der Waals surface area contributed by atoms with Crippen LogP contribution in [0.2, 0.25) is 0 Å². The Morgan fingerprint density at radius 1 is 1.17 bits per heavy atom. The molecule has 0 amide bonds. The van der Waals surface area contributed by atoms with Crippen LogP contribution in [0, 0.1) is 17.1 Å². The molecule has 1 saturated heterocycles. The molecule has 1 N–H and O–H groups in total. The number of hydrogen-bond donors (Lipinski definition) is 1. The van der Waals surface area contributed by atoms with E-state index in [0.29, 0.717) is 12.1 Å². The number of hydrogen-bond acceptors (Lipinski definition) is 5. The molecular weight excluding hydrogens is 307 g/mol. The van der Waals surface area contributed by atoms with Crippen molar-refractivity contribution >= 4 is 5.82 Å². The Bertz CT molecular complexity index is 721. The summed E-state index contributed by atoms with van der Waals surface area (Å²) >= 11 is 0. The number of benzene rings is 1. The van der Waals surface area contributed by atoms with Crippen LogP contribution in [0.5, 0.6) is 0 Å². The molecule has 0 bridgehead atoms. The first kappa shape index (κ1) is 16.4. The maximum absolute atomic E-state index is 12.9. The second kappa shape index (κ2) is 7.39. The predicted molar refractivity (Wildman–Crippen MR) is 89.0 cm³/mol. The highest BCUT2D eigenvalue weighted by atomic mass is 19.1. The van der Waals surface area contributed by atoms with Crippen LogP contribution in [0.3, 0.4) is 0 Å². The molecule has 0 aliphatic carbocycles. The fraction of sp³-hybridized carbons (Fsp3) is 0.333. The van der Waals surface area contributed by atoms with Crippen LogP contribution in [-0.2, 0) is 0 Å². The standard InChI is InChI=1S/C18H19FN4O/c19-16-5-3-14(4-6-16)17(24)13-22-8-10-23(11-9-22)18-15(12-20)2-1-7-21-18/h1-7,17,24H,8-11,13H2. The number of anilines is 1. The first-order valence-corrected chi connectivity index (χ1v) is 7.93. The van der Waals surface area contributed by atoms with Crippen molar-refractivity contribution in [3.05, 3.63) is 59.5 Å². The number of aromatic nitrogens is 1. The molecule has 1 aromatic heterocycles. The molecule has 0 saturated carbocycles. The van der Waals surface area contributed by atoms with E-state index in [2.05, 4.69) is 20.9 Å². The first-order chi connectivity index (χ1) is 11.7. The largest absolute Gasteiger partial charge is 0.387 e. The van der Waals surface area contributed by atoms with Crippen molar-refractivity contribution in [2.24, 2.45) is 0 Å². The van der Waals surface area contributed by atoms with Gasteiger partial charge in [-0.25, -0.2) is 9.37 Å². The molecule has 2 heterocycles. The van der Waals surface area contributed by atoms with E-state index in [4.69, 9.17) is 0 Å². The second-order valence-corrected chi connectivity index (χ2v) is 5.84. The summed E-state index contributed by atoms with van der Waals surface area (Å²) in [5.41, 5.74) is 1.30. The summed E-state index contributed by atoms with van der Waals surface area (Å²) in [5.74, 6) is 0.418. The maximum atomic E-state index is 12.9. The fourth-order valence-corrected chi connectivity index (χ4v) is 2.91. The lowest BCUT2D eigenvalue weighted by molar-refractivity contribution is 0.109. The Hall–Kier alpha value is -2.49. The third-order valence-electron chi connectivity index (χ3n) is 4.26. The van der Waals surface area contributed by atoms with E-state index in [1.165, 1.54) is 12.1 Å². The van der Waals surface area contributed by atoms with Crippen LogP contribution < -0.4 is 4.90 Å². The summed E-state index contributed by atoms with van der Waals surface area (Å²) in [4.78, 5) is 8.58. The van der Waals surface area contributed by atoms with E-state index in [1.54, 1.807) is 30.5 Å². The Morgan fingerprint density at radius 2 is 1.88 bits per heavy atom. The number of pyridine rings is 1. The maximum Gasteiger partial charge on any atom is 0.146 e. The summed E-state index contributed by atoms with van der Waals surface area (Å²) in [7, 11) is 0. The van der Waals surface area contributed by atoms with Gasteiger partial charge in [0.05, 0.1) is 11.7 Å². The van der Waals surface area contributed by atoms with Gasteiger partial charge < -0.3 is 10.0 Å². The molecule has 1 unspecified atom stereocenters. The zero-order valence-electron chi connectivity index (χ0n) is 13.3. The molecule has 6 heteroatoms. The number of aliphatic hydroxyl groups is 1. The van der Waals surface area contributed by atoms with Crippen molar-refractivity contribution in [3.63, 3.8) is 0 Å². The Balaban J connectivity index is 1.57. The molecule has 0 radical (unpaired) electrons. The molecular formula is C18H19FN4O. The zero-order chi connectivity index (χ0) is 16.9. The summed E-state index contributed by atoms with van der Waals surface area (Å²) < 4.78 is 12.9. The molecule has 3 rings (SSSR count). The van der Waals surface area contributed by atoms with Crippen molar-refractivity contribution < 1.29 is 9.50 Å². The number of nitrogens with zero attached hydrogens (tertiary/aromatic N) is 4. The predicted octanol–water partition coefficient (Wildman–Crippen LogP) is 1.95. The third-order valence-corrected chi connectivity index (χ3v) is 4.26. The van der Waals surface area contributed by atoms with E-state index in [9.17, 15) is 14.8 Å². The highest BCUT2D eigenvalue weighted by Gasteiger charge is 2.22. The van der Waals surface area contributed by atoms with Crippen LogP contribution in [0.4, 0.5) is 10.2 Å². The minimum absolute atomic E-state index is 0.303. The van der Waals surface area contributed by atoms with Gasteiger partial charge in [-0.05, 0) is 29.8 Å². The van der Waals surface area contributed by atoms with E-state index in [-0.39, 0.29) is 5.82 Å². The molecule has 1 fully saturated rings.